The second-order valence-electron chi connectivity index (χ2n) is 25.2. The summed E-state index contributed by atoms with van der Waals surface area (Å²) >= 11 is 0. The van der Waals surface area contributed by atoms with Crippen molar-refractivity contribution in [3.8, 4) is 63.2 Å². The van der Waals surface area contributed by atoms with E-state index >= 15 is 0 Å². The molecule has 0 heterocycles. The fourth-order valence-corrected chi connectivity index (χ4v) is 11.4. The van der Waals surface area contributed by atoms with Gasteiger partial charge in [0.15, 0.2) is 46.0 Å². The molecular formula is C82H124O17. The van der Waals surface area contributed by atoms with Crippen molar-refractivity contribution in [3.63, 3.8) is 0 Å². The average Bonchev–Trinajstić information content (AvgIpc) is 0.728. The smallest absolute Gasteiger partial charge is 0.203 e. The molecule has 0 N–H and O–H groups in total. The second kappa shape index (κ2) is 51.7. The highest BCUT2D eigenvalue weighted by atomic mass is 16.6. The largest absolute Gasteiger partial charge is 0.493 e. The number of methoxy groups -OCH3 is 3. The van der Waals surface area contributed by atoms with E-state index in [1.54, 1.807) is 21.3 Å². The lowest BCUT2D eigenvalue weighted by Crippen LogP contribution is -2.15. The zero-order chi connectivity index (χ0) is 70.0. The van der Waals surface area contributed by atoms with Gasteiger partial charge < -0.3 is 80.5 Å². The van der Waals surface area contributed by atoms with Crippen LogP contribution in [0.5, 0.6) is 63.2 Å². The van der Waals surface area contributed by atoms with Crippen LogP contribution in [0.25, 0.3) is 32.3 Å². The first kappa shape index (κ1) is 81.6. The summed E-state index contributed by atoms with van der Waals surface area (Å²) in [6, 6.07) is 24.9. The molecule has 0 saturated heterocycles. The minimum Gasteiger partial charge on any atom is -0.493 e. The normalized spacial score (nSPS) is 11.4. The maximum atomic E-state index is 6.87. The van der Waals surface area contributed by atoms with Gasteiger partial charge in [-0.1, -0.05) is 137 Å². The number of hydrogen-bond acceptors (Lipinski definition) is 17. The van der Waals surface area contributed by atoms with Crippen molar-refractivity contribution in [2.24, 2.45) is 0 Å². The van der Waals surface area contributed by atoms with Crippen LogP contribution in [0.3, 0.4) is 0 Å². The summed E-state index contributed by atoms with van der Waals surface area (Å²) in [5.41, 5.74) is 0.814. The fourth-order valence-electron chi connectivity index (χ4n) is 11.4. The molecule has 17 nitrogen and oxygen atoms in total. The Bertz CT molecular complexity index is 2990. The lowest BCUT2D eigenvalue weighted by molar-refractivity contribution is 0.0468. The summed E-state index contributed by atoms with van der Waals surface area (Å²) < 4.78 is 105. The maximum absolute atomic E-state index is 6.87. The Morgan fingerprint density at radius 3 is 0.788 bits per heavy atom. The molecule has 0 aliphatic carbocycles. The van der Waals surface area contributed by atoms with Gasteiger partial charge in [-0.3, -0.25) is 0 Å². The summed E-state index contributed by atoms with van der Waals surface area (Å²) in [5.74, 6) is 7.43. The van der Waals surface area contributed by atoms with E-state index in [4.69, 9.17) is 80.5 Å². The third-order valence-electron chi connectivity index (χ3n) is 17.0. The van der Waals surface area contributed by atoms with Gasteiger partial charge in [0.1, 0.15) is 37.9 Å². The Hall–Kier alpha value is -6.34. The third kappa shape index (κ3) is 30.8. The van der Waals surface area contributed by atoms with Crippen LogP contribution in [0, 0.1) is 0 Å². The molecule has 99 heavy (non-hydrogen) atoms. The average molecular weight is 1380 g/mol. The second-order valence-corrected chi connectivity index (χ2v) is 25.2. The first-order chi connectivity index (χ1) is 48.9. The summed E-state index contributed by atoms with van der Waals surface area (Å²) in [6.07, 6.45) is 25.9. The van der Waals surface area contributed by atoms with Gasteiger partial charge in [-0.05, 0) is 156 Å². The van der Waals surface area contributed by atoms with E-state index in [0.717, 1.165) is 174 Å². The summed E-state index contributed by atoms with van der Waals surface area (Å²) in [7, 11) is 4.93. The standard InChI is InChI=1S/C82H124O17/c1-9-14-19-26-37-90-74-58-68-69-59-75(91-38-27-20-15-10-2)77(93-40-29-22-17-12-4)61-71(69)73-63-79(78(94-41-30-23-18-13-5)62-72(73)70(68)60-76(74)92-39-28-21-16-11-3)95-42-32-25-24-31-36-89-66-34-33-35-67(57-66)99-64-65-55-80(96-52-49-86-46-43-83-6)82(98-54-51-88-48-45-85-8)81(56-65)97-53-50-87-47-44-84-7/h33-35,55-63H,9-32,36-54,64H2,1-8H3. The van der Waals surface area contributed by atoms with Crippen molar-refractivity contribution in [2.75, 3.05) is 147 Å². The van der Waals surface area contributed by atoms with Gasteiger partial charge in [0.25, 0.3) is 0 Å². The van der Waals surface area contributed by atoms with E-state index < -0.39 is 0 Å². The van der Waals surface area contributed by atoms with Crippen molar-refractivity contribution < 1.29 is 80.5 Å². The number of fused-ring (bicyclic) bond motifs is 6. The fraction of sp³-hybridized carbons (Fsp3) is 0.634. The maximum Gasteiger partial charge on any atom is 0.203 e. The molecule has 0 radical (unpaired) electrons. The van der Waals surface area contributed by atoms with Gasteiger partial charge in [-0.2, -0.15) is 0 Å². The van der Waals surface area contributed by atoms with Crippen molar-refractivity contribution in [1.82, 2.24) is 0 Å². The minimum absolute atomic E-state index is 0.225. The van der Waals surface area contributed by atoms with Crippen LogP contribution in [0.15, 0.2) is 72.8 Å². The van der Waals surface area contributed by atoms with Crippen LogP contribution >= 0.6 is 0 Å². The number of hydrogen-bond donors (Lipinski definition) is 0. The highest BCUT2D eigenvalue weighted by Crippen LogP contribution is 2.48. The number of ether oxygens (including phenoxy) is 17. The van der Waals surface area contributed by atoms with Crippen LogP contribution in [0.1, 0.15) is 194 Å². The molecule has 554 valence electrons. The van der Waals surface area contributed by atoms with E-state index in [9.17, 15) is 0 Å². The zero-order valence-corrected chi connectivity index (χ0v) is 62.0. The van der Waals surface area contributed by atoms with Crippen molar-refractivity contribution >= 4 is 32.3 Å². The molecule has 6 aromatic rings. The van der Waals surface area contributed by atoms with E-state index in [2.05, 4.69) is 71.0 Å². The monoisotopic (exact) mass is 1380 g/mol. The molecule has 0 fully saturated rings. The highest BCUT2D eigenvalue weighted by Gasteiger charge is 2.22. The minimum atomic E-state index is 0.225. The molecule has 17 heteroatoms. The molecule has 0 aliphatic heterocycles. The Morgan fingerprint density at radius 1 is 0.222 bits per heavy atom. The van der Waals surface area contributed by atoms with Gasteiger partial charge in [0, 0.05) is 27.4 Å². The SMILES string of the molecule is CCCCCCOc1cc2c3cc(OCCCCCC)c(OCCCCCC)cc3c3cc(OCCCCCCOc4cccc(OCc5cc(OCCOCCOC)c(OCCOCCOC)c(OCCOCCOC)c5)c4)c(OCCCCCC)cc3c2cc1OCCCCCC. The summed E-state index contributed by atoms with van der Waals surface area (Å²) in [4.78, 5) is 0. The van der Waals surface area contributed by atoms with Gasteiger partial charge in [-0.25, -0.2) is 0 Å². The molecule has 0 atom stereocenters. The first-order valence-corrected chi connectivity index (χ1v) is 37.8. The molecule has 6 aromatic carbocycles. The Balaban J connectivity index is 1.20. The van der Waals surface area contributed by atoms with E-state index in [1.165, 1.54) is 57.8 Å². The van der Waals surface area contributed by atoms with Gasteiger partial charge in [0.05, 0.1) is 106 Å². The van der Waals surface area contributed by atoms with Crippen molar-refractivity contribution in [3.05, 3.63) is 78.4 Å². The lowest BCUT2D eigenvalue weighted by Gasteiger charge is -2.21. The molecule has 0 saturated carbocycles. The van der Waals surface area contributed by atoms with Gasteiger partial charge >= 0.3 is 0 Å². The molecule has 0 amide bonds. The molecular weight excluding hydrogens is 1260 g/mol. The van der Waals surface area contributed by atoms with Crippen molar-refractivity contribution in [2.45, 2.75) is 195 Å². The van der Waals surface area contributed by atoms with E-state index in [-0.39, 0.29) is 26.4 Å². The van der Waals surface area contributed by atoms with E-state index in [1.807, 2.05) is 36.4 Å². The predicted molar refractivity (Wildman–Crippen MR) is 398 cm³/mol. The summed E-state index contributed by atoms with van der Waals surface area (Å²) in [5, 5.41) is 6.42. The Kier molecular flexibility index (Phi) is 42.7. The summed E-state index contributed by atoms with van der Waals surface area (Å²) in [6.45, 7) is 20.4. The zero-order valence-electron chi connectivity index (χ0n) is 62.0. The van der Waals surface area contributed by atoms with Crippen LogP contribution in [0.2, 0.25) is 0 Å². The lowest BCUT2D eigenvalue weighted by atomic mass is 9.93. The van der Waals surface area contributed by atoms with Crippen LogP contribution in [-0.4, -0.2) is 147 Å². The molecule has 0 aliphatic rings. The number of rotatable bonds is 63. The number of unbranched alkanes of at least 4 members (excludes halogenated alkanes) is 18. The Labute approximate surface area is 593 Å². The predicted octanol–water partition coefficient (Wildman–Crippen LogP) is 19.7. The van der Waals surface area contributed by atoms with Crippen molar-refractivity contribution in [1.29, 1.82) is 0 Å². The quantitative estimate of drug-likeness (QED) is 0.0262. The topological polar surface area (TPSA) is 157 Å². The number of benzene rings is 6. The van der Waals surface area contributed by atoms with Crippen LogP contribution in [0.4, 0.5) is 0 Å². The molecule has 0 unspecified atom stereocenters. The van der Waals surface area contributed by atoms with Gasteiger partial charge in [-0.15, -0.1) is 0 Å². The van der Waals surface area contributed by atoms with E-state index in [0.29, 0.717) is 129 Å². The first-order valence-electron chi connectivity index (χ1n) is 37.8. The molecule has 0 spiro atoms. The molecule has 6 rings (SSSR count). The highest BCUT2D eigenvalue weighted by molar-refractivity contribution is 6.27. The molecule has 0 aromatic heterocycles. The van der Waals surface area contributed by atoms with Crippen LogP contribution in [-0.2, 0) is 35.0 Å². The molecule has 0 bridgehead atoms. The van der Waals surface area contributed by atoms with Gasteiger partial charge in [0.2, 0.25) is 5.75 Å². The van der Waals surface area contributed by atoms with Crippen LogP contribution < -0.4 is 52.1 Å². The third-order valence-corrected chi connectivity index (χ3v) is 17.0. The Morgan fingerprint density at radius 2 is 0.485 bits per heavy atom.